The first-order valence-electron chi connectivity index (χ1n) is 7.28. The number of hydrogen-bond acceptors (Lipinski definition) is 4. The third-order valence-electron chi connectivity index (χ3n) is 4.42. The minimum Gasteiger partial charge on any atom is -0.330 e. The highest BCUT2D eigenvalue weighted by Crippen LogP contribution is 2.33. The van der Waals surface area contributed by atoms with Crippen molar-refractivity contribution in [1.29, 1.82) is 0 Å². The quantitative estimate of drug-likeness (QED) is 0.914. The van der Waals surface area contributed by atoms with Gasteiger partial charge in [0.05, 0.1) is 17.0 Å². The molecule has 0 amide bonds. The summed E-state index contributed by atoms with van der Waals surface area (Å²) in [5.41, 5.74) is 9.03. The van der Waals surface area contributed by atoms with Gasteiger partial charge in [-0.3, -0.25) is 4.68 Å². The zero-order valence-electron chi connectivity index (χ0n) is 12.6. The molecule has 1 aliphatic rings. The lowest BCUT2D eigenvalue weighted by Crippen LogP contribution is -2.29. The molecule has 0 spiro atoms. The number of sulfone groups is 1. The van der Waals surface area contributed by atoms with Crippen molar-refractivity contribution < 1.29 is 8.42 Å². The Hall–Kier alpha value is -0.880. The monoisotopic (exact) mass is 299 g/mol. The number of nitrogens with zero attached hydrogens (tertiary/aromatic N) is 2. The molecule has 1 saturated carbocycles. The van der Waals surface area contributed by atoms with Gasteiger partial charge in [0.1, 0.15) is 9.84 Å². The molecule has 0 aromatic carbocycles. The number of aryl methyl sites for hydroxylation is 1. The van der Waals surface area contributed by atoms with Gasteiger partial charge in [-0.1, -0.05) is 6.42 Å². The molecule has 1 aromatic rings. The fourth-order valence-electron chi connectivity index (χ4n) is 3.29. The second kappa shape index (κ2) is 5.85. The van der Waals surface area contributed by atoms with E-state index in [1.54, 1.807) is 0 Å². The minimum atomic E-state index is -2.95. The standard InChI is InChI=1S/C14H25N3O2S/c1-10-14(7-8-15)11(2)17(16-10)12-5-4-6-13(9-12)20(3,18)19/h12-13H,4-9,15H2,1-3H3. The van der Waals surface area contributed by atoms with E-state index in [0.29, 0.717) is 13.0 Å². The predicted molar refractivity (Wildman–Crippen MR) is 80.6 cm³/mol. The van der Waals surface area contributed by atoms with Gasteiger partial charge in [0.15, 0.2) is 0 Å². The number of nitrogens with two attached hydrogens (primary N) is 1. The van der Waals surface area contributed by atoms with E-state index < -0.39 is 9.84 Å². The molecule has 0 radical (unpaired) electrons. The topological polar surface area (TPSA) is 78.0 Å². The van der Waals surface area contributed by atoms with Crippen molar-refractivity contribution in [2.45, 2.75) is 57.2 Å². The van der Waals surface area contributed by atoms with E-state index in [4.69, 9.17) is 5.73 Å². The van der Waals surface area contributed by atoms with Gasteiger partial charge in [0.2, 0.25) is 0 Å². The van der Waals surface area contributed by atoms with Crippen LogP contribution in [0, 0.1) is 13.8 Å². The summed E-state index contributed by atoms with van der Waals surface area (Å²) in [6.45, 7) is 4.68. The fraction of sp³-hybridized carbons (Fsp3) is 0.786. The largest absolute Gasteiger partial charge is 0.330 e. The van der Waals surface area contributed by atoms with Crippen molar-refractivity contribution in [3.05, 3.63) is 17.0 Å². The van der Waals surface area contributed by atoms with Crippen molar-refractivity contribution in [3.8, 4) is 0 Å². The van der Waals surface area contributed by atoms with Gasteiger partial charge in [0, 0.05) is 11.9 Å². The van der Waals surface area contributed by atoms with Gasteiger partial charge >= 0.3 is 0 Å². The molecule has 2 unspecified atom stereocenters. The highest BCUT2D eigenvalue weighted by molar-refractivity contribution is 7.91. The van der Waals surface area contributed by atoms with Crippen LogP contribution in [0.2, 0.25) is 0 Å². The first kappa shape index (κ1) is 15.5. The van der Waals surface area contributed by atoms with Crippen LogP contribution >= 0.6 is 0 Å². The molecular weight excluding hydrogens is 274 g/mol. The van der Waals surface area contributed by atoms with Crippen LogP contribution in [0.1, 0.15) is 48.7 Å². The first-order chi connectivity index (χ1) is 9.34. The van der Waals surface area contributed by atoms with Crippen LogP contribution < -0.4 is 5.73 Å². The molecule has 0 bridgehead atoms. The molecule has 5 nitrogen and oxygen atoms in total. The SMILES string of the molecule is Cc1nn(C2CCCC(S(C)(=O)=O)C2)c(C)c1CCN. The van der Waals surface area contributed by atoms with E-state index in [2.05, 4.69) is 12.0 Å². The van der Waals surface area contributed by atoms with Gasteiger partial charge in [-0.25, -0.2) is 8.42 Å². The Morgan fingerprint density at radius 3 is 2.65 bits per heavy atom. The second-order valence-corrected chi connectivity index (χ2v) is 8.23. The van der Waals surface area contributed by atoms with E-state index in [1.807, 2.05) is 11.6 Å². The van der Waals surface area contributed by atoms with Crippen LogP contribution in [0.4, 0.5) is 0 Å². The molecule has 0 saturated heterocycles. The van der Waals surface area contributed by atoms with Crippen LogP contribution in [0.3, 0.4) is 0 Å². The maximum Gasteiger partial charge on any atom is 0.150 e. The van der Waals surface area contributed by atoms with Crippen molar-refractivity contribution >= 4 is 9.84 Å². The van der Waals surface area contributed by atoms with E-state index in [0.717, 1.165) is 37.1 Å². The fourth-order valence-corrected chi connectivity index (χ4v) is 4.46. The van der Waals surface area contributed by atoms with Gasteiger partial charge < -0.3 is 5.73 Å². The zero-order chi connectivity index (χ0) is 14.9. The Balaban J connectivity index is 2.26. The molecule has 2 atom stereocenters. The summed E-state index contributed by atoms with van der Waals surface area (Å²) in [6, 6.07) is 0.202. The number of hydrogen-bond donors (Lipinski definition) is 1. The Bertz CT molecular complexity index is 577. The zero-order valence-corrected chi connectivity index (χ0v) is 13.4. The minimum absolute atomic E-state index is 0.202. The average Bonchev–Trinajstić information content (AvgIpc) is 2.66. The molecule has 1 heterocycles. The molecule has 2 rings (SSSR count). The van der Waals surface area contributed by atoms with Gasteiger partial charge in [0.25, 0.3) is 0 Å². The molecule has 20 heavy (non-hydrogen) atoms. The van der Waals surface area contributed by atoms with Crippen molar-refractivity contribution in [2.24, 2.45) is 5.73 Å². The van der Waals surface area contributed by atoms with Crippen molar-refractivity contribution in [1.82, 2.24) is 9.78 Å². The molecule has 114 valence electrons. The van der Waals surface area contributed by atoms with E-state index in [9.17, 15) is 8.42 Å². The maximum atomic E-state index is 11.8. The van der Waals surface area contributed by atoms with Crippen molar-refractivity contribution in [3.63, 3.8) is 0 Å². The van der Waals surface area contributed by atoms with E-state index >= 15 is 0 Å². The number of aromatic nitrogens is 2. The van der Waals surface area contributed by atoms with Gasteiger partial charge in [-0.2, -0.15) is 5.10 Å². The molecule has 0 aliphatic heterocycles. The molecular formula is C14H25N3O2S. The normalized spacial score (nSPS) is 24.0. The summed E-state index contributed by atoms with van der Waals surface area (Å²) >= 11 is 0. The Morgan fingerprint density at radius 1 is 1.35 bits per heavy atom. The lowest BCUT2D eigenvalue weighted by molar-refractivity contribution is 0.324. The molecule has 1 aromatic heterocycles. The van der Waals surface area contributed by atoms with Crippen LogP contribution in [0.15, 0.2) is 0 Å². The highest BCUT2D eigenvalue weighted by atomic mass is 32.2. The molecule has 1 fully saturated rings. The number of rotatable bonds is 4. The lowest BCUT2D eigenvalue weighted by Gasteiger charge is -2.29. The van der Waals surface area contributed by atoms with E-state index in [-0.39, 0.29) is 11.3 Å². The summed E-state index contributed by atoms with van der Waals surface area (Å²) in [4.78, 5) is 0. The van der Waals surface area contributed by atoms with Crippen LogP contribution in [-0.4, -0.2) is 36.2 Å². The van der Waals surface area contributed by atoms with E-state index in [1.165, 1.54) is 11.8 Å². The maximum absolute atomic E-state index is 11.8. The van der Waals surface area contributed by atoms with Crippen LogP contribution in [0.25, 0.3) is 0 Å². The average molecular weight is 299 g/mol. The predicted octanol–water partition coefficient (Wildman–Crippen LogP) is 1.53. The Kier molecular flexibility index (Phi) is 4.54. The van der Waals surface area contributed by atoms with Gasteiger partial charge in [-0.05, 0) is 51.6 Å². The smallest absolute Gasteiger partial charge is 0.150 e. The molecule has 2 N–H and O–H groups in total. The van der Waals surface area contributed by atoms with Crippen molar-refractivity contribution in [2.75, 3.05) is 12.8 Å². The van der Waals surface area contributed by atoms with Crippen LogP contribution in [-0.2, 0) is 16.3 Å². The molecule has 1 aliphatic carbocycles. The summed E-state index contributed by atoms with van der Waals surface area (Å²) in [5, 5.41) is 4.42. The summed E-state index contributed by atoms with van der Waals surface area (Å²) < 4.78 is 25.6. The third kappa shape index (κ3) is 3.06. The molecule has 6 heteroatoms. The van der Waals surface area contributed by atoms with Crippen LogP contribution in [0.5, 0.6) is 0 Å². The Morgan fingerprint density at radius 2 is 2.05 bits per heavy atom. The summed E-state index contributed by atoms with van der Waals surface area (Å²) in [7, 11) is -2.95. The Labute approximate surface area is 121 Å². The summed E-state index contributed by atoms with van der Waals surface area (Å²) in [5.74, 6) is 0. The first-order valence-corrected chi connectivity index (χ1v) is 9.23. The third-order valence-corrected chi connectivity index (χ3v) is 6.06. The summed E-state index contributed by atoms with van der Waals surface area (Å²) in [6.07, 6.45) is 5.61. The van der Waals surface area contributed by atoms with Gasteiger partial charge in [-0.15, -0.1) is 0 Å². The second-order valence-electron chi connectivity index (χ2n) is 5.90. The lowest BCUT2D eigenvalue weighted by atomic mass is 9.95. The highest BCUT2D eigenvalue weighted by Gasteiger charge is 2.31.